The number of nitrogens with one attached hydrogen (secondary N) is 1. The van der Waals surface area contributed by atoms with E-state index in [0.717, 1.165) is 4.88 Å². The molecule has 0 spiro atoms. The molecule has 2 aromatic rings. The largest absolute Gasteiger partial charge is 0.316 e. The summed E-state index contributed by atoms with van der Waals surface area (Å²) in [5, 5.41) is 15.4. The first-order chi connectivity index (χ1) is 7.66. The van der Waals surface area contributed by atoms with Crippen molar-refractivity contribution in [1.82, 2.24) is 20.2 Å². The normalized spacial score (nSPS) is 12.4. The van der Waals surface area contributed by atoms with E-state index in [2.05, 4.69) is 20.7 Å². The highest BCUT2D eigenvalue weighted by Crippen LogP contribution is 2.17. The van der Waals surface area contributed by atoms with Crippen molar-refractivity contribution in [3.63, 3.8) is 0 Å². The zero-order chi connectivity index (χ0) is 11.5. The van der Waals surface area contributed by atoms with Crippen LogP contribution < -0.4 is 11.1 Å². The van der Waals surface area contributed by atoms with Gasteiger partial charge in [-0.3, -0.25) is 10.1 Å². The average Bonchev–Trinajstić information content (AvgIpc) is 2.88. The minimum atomic E-state index is -0.705. The molecule has 1 unspecified atom stereocenters. The maximum Gasteiger partial charge on any atom is 0.270 e. The first-order valence-corrected chi connectivity index (χ1v) is 5.38. The van der Waals surface area contributed by atoms with Gasteiger partial charge in [0.05, 0.1) is 7.05 Å². The number of hydrogen-bond donors (Lipinski definition) is 2. The molecule has 0 saturated carbocycles. The van der Waals surface area contributed by atoms with Crippen molar-refractivity contribution in [3.8, 4) is 0 Å². The molecule has 0 bridgehead atoms. The lowest BCUT2D eigenvalue weighted by molar-refractivity contribution is -0.117. The Morgan fingerprint density at radius 3 is 3.06 bits per heavy atom. The number of thiophene rings is 1. The Hall–Kier alpha value is -1.80. The molecule has 0 aliphatic heterocycles. The number of hydrogen-bond acceptors (Lipinski definition) is 6. The van der Waals surface area contributed by atoms with Gasteiger partial charge in [-0.25, -0.2) is 0 Å². The van der Waals surface area contributed by atoms with Crippen LogP contribution in [0.25, 0.3) is 0 Å². The summed E-state index contributed by atoms with van der Waals surface area (Å²) in [4.78, 5) is 13.7. The number of tetrazole rings is 1. The Balaban J connectivity index is 2.03. The molecule has 1 amide bonds. The fourth-order valence-electron chi connectivity index (χ4n) is 1.12. The van der Waals surface area contributed by atoms with Crippen LogP contribution in [0.4, 0.5) is 5.95 Å². The van der Waals surface area contributed by atoms with Gasteiger partial charge >= 0.3 is 0 Å². The minimum Gasteiger partial charge on any atom is -0.316 e. The third-order valence-corrected chi connectivity index (χ3v) is 2.83. The predicted octanol–water partition coefficient (Wildman–Crippen LogP) is -0.0899. The van der Waals surface area contributed by atoms with Gasteiger partial charge < -0.3 is 5.73 Å². The van der Waals surface area contributed by atoms with E-state index in [0.29, 0.717) is 0 Å². The van der Waals surface area contributed by atoms with Crippen molar-refractivity contribution in [1.29, 1.82) is 0 Å². The van der Waals surface area contributed by atoms with Gasteiger partial charge in [-0.2, -0.15) is 4.80 Å². The van der Waals surface area contributed by atoms with E-state index in [1.807, 2.05) is 11.4 Å². The van der Waals surface area contributed by atoms with Crippen LogP contribution in [0.15, 0.2) is 17.5 Å². The Labute approximate surface area is 95.3 Å². The number of carbonyl (C=O) groups is 1. The Kier molecular flexibility index (Phi) is 2.93. The summed E-state index contributed by atoms with van der Waals surface area (Å²) >= 11 is 1.43. The molecule has 0 fully saturated rings. The number of amides is 1. The standard InChI is InChI=1S/C8H10N6OS/c1-14-12-8(11-13-14)10-7(15)6(9)5-3-2-4-16-5/h2-4,6H,9H2,1H3,(H,10,12,15). The zero-order valence-corrected chi connectivity index (χ0v) is 9.31. The first-order valence-electron chi connectivity index (χ1n) is 4.50. The van der Waals surface area contributed by atoms with Gasteiger partial charge in [-0.1, -0.05) is 11.2 Å². The number of nitrogens with two attached hydrogens (primary N) is 1. The molecule has 84 valence electrons. The summed E-state index contributed by atoms with van der Waals surface area (Å²) in [5.41, 5.74) is 5.75. The van der Waals surface area contributed by atoms with Gasteiger partial charge in [0.25, 0.3) is 5.95 Å². The Bertz CT molecular complexity index is 478. The van der Waals surface area contributed by atoms with Crippen molar-refractivity contribution in [2.75, 3.05) is 5.32 Å². The maximum absolute atomic E-state index is 11.7. The molecule has 8 heteroatoms. The SMILES string of the molecule is Cn1nnc(NC(=O)C(N)c2cccs2)n1. The molecule has 3 N–H and O–H groups in total. The molecule has 2 heterocycles. The Morgan fingerprint density at radius 1 is 1.69 bits per heavy atom. The lowest BCUT2D eigenvalue weighted by Gasteiger charge is -2.07. The van der Waals surface area contributed by atoms with Gasteiger partial charge in [0.2, 0.25) is 5.91 Å². The topological polar surface area (TPSA) is 98.7 Å². The molecule has 2 rings (SSSR count). The van der Waals surface area contributed by atoms with Gasteiger partial charge in [0.15, 0.2) is 0 Å². The third-order valence-electron chi connectivity index (χ3n) is 1.88. The molecular formula is C8H10N6OS. The molecule has 2 aromatic heterocycles. The van der Waals surface area contributed by atoms with Crippen molar-refractivity contribution < 1.29 is 4.79 Å². The van der Waals surface area contributed by atoms with Crippen LogP contribution in [-0.4, -0.2) is 26.1 Å². The average molecular weight is 238 g/mol. The molecule has 7 nitrogen and oxygen atoms in total. The monoisotopic (exact) mass is 238 g/mol. The second-order valence-corrected chi connectivity index (χ2v) is 4.06. The maximum atomic E-state index is 11.7. The van der Waals surface area contributed by atoms with E-state index in [4.69, 9.17) is 5.73 Å². The second kappa shape index (κ2) is 4.37. The summed E-state index contributed by atoms with van der Waals surface area (Å²) in [7, 11) is 1.61. The summed E-state index contributed by atoms with van der Waals surface area (Å²) in [6, 6.07) is 2.94. The summed E-state index contributed by atoms with van der Waals surface area (Å²) < 4.78 is 0. The number of rotatable bonds is 3. The molecular weight excluding hydrogens is 228 g/mol. The second-order valence-electron chi connectivity index (χ2n) is 3.08. The number of carbonyl (C=O) groups excluding carboxylic acids is 1. The van der Waals surface area contributed by atoms with Crippen LogP contribution in [0.2, 0.25) is 0 Å². The van der Waals surface area contributed by atoms with Crippen molar-refractivity contribution in [3.05, 3.63) is 22.4 Å². The molecule has 16 heavy (non-hydrogen) atoms. The van der Waals surface area contributed by atoms with Crippen LogP contribution in [0.5, 0.6) is 0 Å². The van der Waals surface area contributed by atoms with E-state index < -0.39 is 6.04 Å². The molecule has 0 saturated heterocycles. The summed E-state index contributed by atoms with van der Waals surface area (Å²) in [6.45, 7) is 0. The number of aryl methyl sites for hydroxylation is 1. The number of aromatic nitrogens is 4. The molecule has 0 aliphatic carbocycles. The Morgan fingerprint density at radius 2 is 2.50 bits per heavy atom. The van der Waals surface area contributed by atoms with Gasteiger partial charge in [-0.15, -0.1) is 16.4 Å². The van der Waals surface area contributed by atoms with E-state index >= 15 is 0 Å². The highest BCUT2D eigenvalue weighted by Gasteiger charge is 2.18. The minimum absolute atomic E-state index is 0.152. The number of anilines is 1. The van der Waals surface area contributed by atoms with Crippen LogP contribution in [-0.2, 0) is 11.8 Å². The lowest BCUT2D eigenvalue weighted by atomic mass is 10.2. The lowest BCUT2D eigenvalue weighted by Crippen LogP contribution is -2.27. The quantitative estimate of drug-likeness (QED) is 0.778. The first kappa shape index (κ1) is 10.7. The highest BCUT2D eigenvalue weighted by atomic mass is 32.1. The fraction of sp³-hybridized carbons (Fsp3) is 0.250. The molecule has 0 aromatic carbocycles. The van der Waals surface area contributed by atoms with Gasteiger partial charge in [0, 0.05) is 4.88 Å². The number of nitrogens with zero attached hydrogens (tertiary/aromatic N) is 4. The highest BCUT2D eigenvalue weighted by molar-refractivity contribution is 7.10. The van der Waals surface area contributed by atoms with E-state index in [-0.39, 0.29) is 11.9 Å². The van der Waals surface area contributed by atoms with Crippen LogP contribution in [0.1, 0.15) is 10.9 Å². The van der Waals surface area contributed by atoms with Gasteiger partial charge in [-0.05, 0) is 16.7 Å². The molecule has 1 atom stereocenters. The van der Waals surface area contributed by atoms with E-state index in [1.54, 1.807) is 13.1 Å². The van der Waals surface area contributed by atoms with E-state index in [9.17, 15) is 4.79 Å². The predicted molar refractivity (Wildman–Crippen MR) is 58.7 cm³/mol. The third kappa shape index (κ3) is 2.23. The van der Waals surface area contributed by atoms with Crippen LogP contribution in [0.3, 0.4) is 0 Å². The van der Waals surface area contributed by atoms with Crippen molar-refractivity contribution in [2.24, 2.45) is 12.8 Å². The molecule has 0 radical (unpaired) electrons. The zero-order valence-electron chi connectivity index (χ0n) is 8.49. The molecule has 0 aliphatic rings. The fourth-order valence-corrected chi connectivity index (χ4v) is 1.84. The van der Waals surface area contributed by atoms with Gasteiger partial charge in [0.1, 0.15) is 6.04 Å². The summed E-state index contributed by atoms with van der Waals surface area (Å²) in [6.07, 6.45) is 0. The smallest absolute Gasteiger partial charge is 0.270 e. The van der Waals surface area contributed by atoms with Crippen molar-refractivity contribution in [2.45, 2.75) is 6.04 Å². The van der Waals surface area contributed by atoms with Crippen LogP contribution in [0, 0.1) is 0 Å². The van der Waals surface area contributed by atoms with E-state index in [1.165, 1.54) is 16.1 Å². The summed E-state index contributed by atoms with van der Waals surface area (Å²) in [5.74, 6) is -0.199. The van der Waals surface area contributed by atoms with Crippen LogP contribution >= 0.6 is 11.3 Å². The van der Waals surface area contributed by atoms with Crippen molar-refractivity contribution >= 4 is 23.2 Å².